The fourth-order valence-electron chi connectivity index (χ4n) is 1.84. The summed E-state index contributed by atoms with van der Waals surface area (Å²) in [5.41, 5.74) is 6.25. The van der Waals surface area contributed by atoms with Crippen LogP contribution in [-0.2, 0) is 15.6 Å². The molecule has 0 saturated heterocycles. The minimum Gasteiger partial charge on any atom is -0.399 e. The lowest BCUT2D eigenvalue weighted by molar-refractivity contribution is 0.594. The molecule has 4 nitrogen and oxygen atoms in total. The predicted octanol–water partition coefficient (Wildman–Crippen LogP) is 3.02. The van der Waals surface area contributed by atoms with E-state index in [1.54, 1.807) is 0 Å². The summed E-state index contributed by atoms with van der Waals surface area (Å²) in [6.07, 6.45) is 0. The largest absolute Gasteiger partial charge is 0.399 e. The molecule has 2 aromatic carbocycles. The molecule has 0 aromatic heterocycles. The van der Waals surface area contributed by atoms with Gasteiger partial charge >= 0.3 is 0 Å². The standard InChI is InChI=1S/C14H10BrFN2O2S/c15-13-6-12(18)3-4-14(13)21(19,20)8-10-5-11(16)2-1-9(10)7-17/h1-6H,8,18H2. The lowest BCUT2D eigenvalue weighted by Gasteiger charge is -2.09. The Morgan fingerprint density at radius 2 is 1.95 bits per heavy atom. The van der Waals surface area contributed by atoms with Crippen molar-refractivity contribution in [2.75, 3.05) is 5.73 Å². The molecule has 0 fully saturated rings. The monoisotopic (exact) mass is 368 g/mol. The Morgan fingerprint density at radius 3 is 2.57 bits per heavy atom. The first kappa shape index (κ1) is 15.5. The van der Waals surface area contributed by atoms with Gasteiger partial charge in [-0.2, -0.15) is 5.26 Å². The van der Waals surface area contributed by atoms with Crippen molar-refractivity contribution < 1.29 is 12.8 Å². The molecule has 21 heavy (non-hydrogen) atoms. The normalized spacial score (nSPS) is 11.1. The van der Waals surface area contributed by atoms with Crippen LogP contribution in [0.2, 0.25) is 0 Å². The number of rotatable bonds is 3. The maximum atomic E-state index is 13.3. The third-order valence-electron chi connectivity index (χ3n) is 2.82. The maximum absolute atomic E-state index is 13.3. The van der Waals surface area contributed by atoms with Crippen LogP contribution in [0.1, 0.15) is 11.1 Å². The first-order valence-corrected chi connectivity index (χ1v) is 8.24. The van der Waals surface area contributed by atoms with E-state index in [0.717, 1.165) is 12.1 Å². The molecule has 0 spiro atoms. The van der Waals surface area contributed by atoms with E-state index in [-0.39, 0.29) is 16.0 Å². The van der Waals surface area contributed by atoms with Gasteiger partial charge in [0.05, 0.1) is 22.3 Å². The molecule has 0 saturated carbocycles. The highest BCUT2D eigenvalue weighted by molar-refractivity contribution is 9.10. The van der Waals surface area contributed by atoms with E-state index >= 15 is 0 Å². The second-order valence-electron chi connectivity index (χ2n) is 4.36. The fraction of sp³-hybridized carbons (Fsp3) is 0.0714. The number of benzene rings is 2. The minimum absolute atomic E-state index is 0.0462. The van der Waals surface area contributed by atoms with Crippen molar-refractivity contribution in [3.8, 4) is 6.07 Å². The average Bonchev–Trinajstić information content (AvgIpc) is 2.37. The van der Waals surface area contributed by atoms with Crippen molar-refractivity contribution in [3.05, 3.63) is 57.8 Å². The Hall–Kier alpha value is -1.91. The number of nitrogens with zero attached hydrogens (tertiary/aromatic N) is 1. The molecule has 0 radical (unpaired) electrons. The second-order valence-corrected chi connectivity index (χ2v) is 7.17. The van der Waals surface area contributed by atoms with Gasteiger partial charge in [0.25, 0.3) is 0 Å². The molecule has 2 aromatic rings. The molecular weight excluding hydrogens is 359 g/mol. The lowest BCUT2D eigenvalue weighted by atomic mass is 10.1. The zero-order valence-corrected chi connectivity index (χ0v) is 13.1. The molecule has 0 atom stereocenters. The molecule has 2 N–H and O–H groups in total. The van der Waals surface area contributed by atoms with E-state index in [2.05, 4.69) is 15.9 Å². The Bertz CT molecular complexity index is 845. The van der Waals surface area contributed by atoms with E-state index in [1.165, 1.54) is 24.3 Å². The van der Waals surface area contributed by atoms with E-state index in [4.69, 9.17) is 11.0 Å². The maximum Gasteiger partial charge on any atom is 0.183 e. The molecule has 0 aliphatic carbocycles. The average molecular weight is 369 g/mol. The highest BCUT2D eigenvalue weighted by atomic mass is 79.9. The summed E-state index contributed by atoms with van der Waals surface area (Å²) in [4.78, 5) is 0.0462. The first-order valence-electron chi connectivity index (χ1n) is 5.80. The Labute approximate surface area is 130 Å². The van der Waals surface area contributed by atoms with Gasteiger partial charge < -0.3 is 5.73 Å². The quantitative estimate of drug-likeness (QED) is 0.843. The summed E-state index contributed by atoms with van der Waals surface area (Å²) in [7, 11) is -3.73. The highest BCUT2D eigenvalue weighted by Gasteiger charge is 2.20. The van der Waals surface area contributed by atoms with Gasteiger partial charge in [-0.3, -0.25) is 0 Å². The summed E-state index contributed by atoms with van der Waals surface area (Å²) in [5, 5.41) is 8.97. The van der Waals surface area contributed by atoms with Gasteiger partial charge in [-0.15, -0.1) is 0 Å². The number of nitrogen functional groups attached to an aromatic ring is 1. The molecule has 0 aliphatic rings. The molecule has 2 rings (SSSR count). The Balaban J connectivity index is 2.47. The van der Waals surface area contributed by atoms with Crippen LogP contribution in [0.4, 0.5) is 10.1 Å². The number of hydrogen-bond donors (Lipinski definition) is 1. The van der Waals surface area contributed by atoms with Gasteiger partial charge in [0, 0.05) is 10.2 Å². The predicted molar refractivity (Wildman–Crippen MR) is 80.6 cm³/mol. The minimum atomic E-state index is -3.73. The zero-order chi connectivity index (χ0) is 15.6. The Kier molecular flexibility index (Phi) is 4.30. The van der Waals surface area contributed by atoms with Crippen LogP contribution in [0.5, 0.6) is 0 Å². The van der Waals surface area contributed by atoms with E-state index < -0.39 is 21.4 Å². The van der Waals surface area contributed by atoms with Crippen molar-refractivity contribution in [1.82, 2.24) is 0 Å². The number of nitrogens with two attached hydrogens (primary N) is 1. The number of nitriles is 1. The van der Waals surface area contributed by atoms with Crippen molar-refractivity contribution in [1.29, 1.82) is 5.26 Å². The van der Waals surface area contributed by atoms with Gasteiger partial charge in [0.2, 0.25) is 0 Å². The summed E-state index contributed by atoms with van der Waals surface area (Å²) in [6, 6.07) is 9.61. The summed E-state index contributed by atoms with van der Waals surface area (Å²) in [5.74, 6) is -1.05. The molecule has 7 heteroatoms. The second kappa shape index (κ2) is 5.84. The number of sulfone groups is 1. The molecule has 0 aliphatic heterocycles. The number of hydrogen-bond acceptors (Lipinski definition) is 4. The SMILES string of the molecule is N#Cc1ccc(F)cc1CS(=O)(=O)c1ccc(N)cc1Br. The Morgan fingerprint density at radius 1 is 1.24 bits per heavy atom. The topological polar surface area (TPSA) is 84.0 Å². The summed E-state index contributed by atoms with van der Waals surface area (Å²) < 4.78 is 38.4. The van der Waals surface area contributed by atoms with Gasteiger partial charge in [-0.1, -0.05) is 0 Å². The fourth-order valence-corrected chi connectivity index (χ4v) is 4.41. The first-order chi connectivity index (χ1) is 9.83. The van der Waals surface area contributed by atoms with Gasteiger partial charge in [-0.05, 0) is 57.9 Å². The van der Waals surface area contributed by atoms with Crippen LogP contribution in [-0.4, -0.2) is 8.42 Å². The van der Waals surface area contributed by atoms with Gasteiger partial charge in [0.15, 0.2) is 9.84 Å². The zero-order valence-electron chi connectivity index (χ0n) is 10.7. The molecule has 108 valence electrons. The van der Waals surface area contributed by atoms with Crippen molar-refractivity contribution in [3.63, 3.8) is 0 Å². The molecular formula is C14H10BrFN2O2S. The van der Waals surface area contributed by atoms with Crippen LogP contribution in [0.25, 0.3) is 0 Å². The number of anilines is 1. The van der Waals surface area contributed by atoms with Crippen LogP contribution < -0.4 is 5.73 Å². The molecule has 0 unspecified atom stereocenters. The smallest absolute Gasteiger partial charge is 0.183 e. The van der Waals surface area contributed by atoms with Crippen LogP contribution in [0.15, 0.2) is 45.8 Å². The summed E-state index contributed by atoms with van der Waals surface area (Å²) in [6.45, 7) is 0. The van der Waals surface area contributed by atoms with E-state index in [0.29, 0.717) is 10.2 Å². The van der Waals surface area contributed by atoms with Crippen molar-refractivity contribution in [2.24, 2.45) is 0 Å². The summed E-state index contributed by atoms with van der Waals surface area (Å²) >= 11 is 3.15. The molecule has 0 bridgehead atoms. The van der Waals surface area contributed by atoms with Gasteiger partial charge in [-0.25, -0.2) is 12.8 Å². The van der Waals surface area contributed by atoms with Gasteiger partial charge in [0.1, 0.15) is 5.82 Å². The van der Waals surface area contributed by atoms with Crippen LogP contribution >= 0.6 is 15.9 Å². The van der Waals surface area contributed by atoms with Crippen molar-refractivity contribution in [2.45, 2.75) is 10.6 Å². The van der Waals surface area contributed by atoms with E-state index in [1.807, 2.05) is 6.07 Å². The molecule has 0 heterocycles. The van der Waals surface area contributed by atoms with Crippen LogP contribution in [0.3, 0.4) is 0 Å². The highest BCUT2D eigenvalue weighted by Crippen LogP contribution is 2.28. The number of halogens is 2. The lowest BCUT2D eigenvalue weighted by Crippen LogP contribution is -2.08. The van der Waals surface area contributed by atoms with E-state index in [9.17, 15) is 12.8 Å². The third-order valence-corrected chi connectivity index (χ3v) is 5.46. The third kappa shape index (κ3) is 3.40. The van der Waals surface area contributed by atoms with Crippen LogP contribution in [0, 0.1) is 17.1 Å². The molecule has 0 amide bonds. The van der Waals surface area contributed by atoms with Crippen molar-refractivity contribution >= 4 is 31.5 Å².